The molecule has 0 aliphatic heterocycles. The Balaban J connectivity index is 1.16. The lowest BCUT2D eigenvalue weighted by molar-refractivity contribution is 0.670. The summed E-state index contributed by atoms with van der Waals surface area (Å²) in [6, 6.07) is 80.5. The smallest absolute Gasteiger partial charge is 0.145 e. The summed E-state index contributed by atoms with van der Waals surface area (Å²) < 4.78 is 6.98. The van der Waals surface area contributed by atoms with E-state index in [1.807, 2.05) is 0 Å². The third kappa shape index (κ3) is 5.74. The number of benzene rings is 10. The average Bonchev–Trinajstić information content (AvgIpc) is 3.70. The minimum absolute atomic E-state index is 0.862. The Morgan fingerprint density at radius 1 is 0.310 bits per heavy atom. The zero-order chi connectivity index (χ0) is 38.4. The predicted octanol–water partition coefficient (Wildman–Crippen LogP) is 16.0. The van der Waals surface area contributed by atoms with Crippen molar-refractivity contribution in [1.29, 1.82) is 0 Å². The van der Waals surface area contributed by atoms with Crippen LogP contribution in [0.25, 0.3) is 88.0 Å². The maximum absolute atomic E-state index is 6.98. The van der Waals surface area contributed by atoms with Gasteiger partial charge in [-0.1, -0.05) is 182 Å². The van der Waals surface area contributed by atoms with Crippen LogP contribution in [0.1, 0.15) is 0 Å². The fraction of sp³-hybridized carbons (Fsp3) is 0. The van der Waals surface area contributed by atoms with Crippen LogP contribution < -0.4 is 4.90 Å². The Morgan fingerprint density at radius 2 is 0.845 bits per heavy atom. The second kappa shape index (κ2) is 14.1. The van der Waals surface area contributed by atoms with Crippen molar-refractivity contribution in [2.75, 3.05) is 4.90 Å². The minimum Gasteiger partial charge on any atom is -0.455 e. The molecule has 272 valence electrons. The first-order valence-electron chi connectivity index (χ1n) is 19.8. The van der Waals surface area contributed by atoms with Crippen LogP contribution in [0.3, 0.4) is 0 Å². The van der Waals surface area contributed by atoms with Crippen molar-refractivity contribution < 1.29 is 4.42 Å². The summed E-state index contributed by atoms with van der Waals surface area (Å²) in [4.78, 5) is 2.42. The maximum atomic E-state index is 6.98. The van der Waals surface area contributed by atoms with Gasteiger partial charge in [-0.2, -0.15) is 0 Å². The van der Waals surface area contributed by atoms with E-state index in [0.29, 0.717) is 0 Å². The fourth-order valence-electron chi connectivity index (χ4n) is 8.71. The molecule has 11 aromatic rings. The highest BCUT2D eigenvalue weighted by molar-refractivity contribution is 6.21. The summed E-state index contributed by atoms with van der Waals surface area (Å²) in [7, 11) is 0. The number of furan rings is 1. The van der Waals surface area contributed by atoms with E-state index in [4.69, 9.17) is 4.42 Å². The summed E-state index contributed by atoms with van der Waals surface area (Å²) in [6.07, 6.45) is 0. The molecule has 2 nitrogen and oxygen atoms in total. The molecule has 0 saturated carbocycles. The molecule has 0 aliphatic carbocycles. The topological polar surface area (TPSA) is 16.4 Å². The summed E-state index contributed by atoms with van der Waals surface area (Å²) >= 11 is 0. The Labute approximate surface area is 337 Å². The van der Waals surface area contributed by atoms with Crippen LogP contribution in [0.15, 0.2) is 229 Å². The van der Waals surface area contributed by atoms with E-state index in [9.17, 15) is 0 Å². The average molecular weight is 740 g/mol. The van der Waals surface area contributed by atoms with Crippen molar-refractivity contribution >= 4 is 60.5 Å². The van der Waals surface area contributed by atoms with Gasteiger partial charge in [0.05, 0.1) is 16.8 Å². The van der Waals surface area contributed by atoms with Gasteiger partial charge in [-0.05, 0) is 97.4 Å². The lowest BCUT2D eigenvalue weighted by atomic mass is 9.91. The monoisotopic (exact) mass is 739 g/mol. The summed E-state index contributed by atoms with van der Waals surface area (Å²) in [5.74, 6) is 0. The highest BCUT2D eigenvalue weighted by Crippen LogP contribution is 2.49. The summed E-state index contributed by atoms with van der Waals surface area (Å²) in [5, 5.41) is 7.04. The Kier molecular flexibility index (Phi) is 8.19. The standard InChI is InChI=1S/C56H37NO/c1-3-15-38(16-4-1)40-27-29-42(30-28-40)46-21-11-13-25-52(46)57(44-33-31-41(32-34-44)39-17-5-2-6-18-39)53-36-35-49(56-55(53)50-24-12-14-26-54(50)58-56)51-37-43-19-7-8-20-45(43)47-22-9-10-23-48(47)51/h1-37H. The molecule has 0 aliphatic rings. The van der Waals surface area contributed by atoms with E-state index in [1.54, 1.807) is 0 Å². The molecule has 0 amide bonds. The van der Waals surface area contributed by atoms with Gasteiger partial charge in [0.25, 0.3) is 0 Å². The normalized spacial score (nSPS) is 11.4. The molecule has 0 radical (unpaired) electrons. The highest BCUT2D eigenvalue weighted by atomic mass is 16.3. The van der Waals surface area contributed by atoms with Crippen molar-refractivity contribution in [3.63, 3.8) is 0 Å². The molecule has 0 saturated heterocycles. The van der Waals surface area contributed by atoms with Gasteiger partial charge >= 0.3 is 0 Å². The van der Waals surface area contributed by atoms with Crippen molar-refractivity contribution in [2.24, 2.45) is 0 Å². The molecule has 0 atom stereocenters. The number of para-hydroxylation sites is 2. The quantitative estimate of drug-likeness (QED) is 0.151. The zero-order valence-electron chi connectivity index (χ0n) is 31.7. The molecule has 11 rings (SSSR count). The van der Waals surface area contributed by atoms with Crippen LogP contribution in [0.2, 0.25) is 0 Å². The number of anilines is 3. The van der Waals surface area contributed by atoms with Crippen molar-refractivity contribution in [1.82, 2.24) is 0 Å². The highest BCUT2D eigenvalue weighted by Gasteiger charge is 2.25. The van der Waals surface area contributed by atoms with E-state index in [2.05, 4.69) is 229 Å². The second-order valence-corrected chi connectivity index (χ2v) is 14.8. The molecular formula is C56H37NO. The Hall–Kier alpha value is -7.68. The lowest BCUT2D eigenvalue weighted by Crippen LogP contribution is -2.11. The molecule has 10 aromatic carbocycles. The first-order valence-corrected chi connectivity index (χ1v) is 19.8. The van der Waals surface area contributed by atoms with Gasteiger partial charge in [0.15, 0.2) is 0 Å². The molecule has 2 heteroatoms. The molecule has 0 spiro atoms. The first kappa shape index (κ1) is 33.6. The van der Waals surface area contributed by atoms with Gasteiger partial charge in [-0.15, -0.1) is 0 Å². The molecular weight excluding hydrogens is 703 g/mol. The Bertz CT molecular complexity index is 3250. The predicted molar refractivity (Wildman–Crippen MR) is 245 cm³/mol. The largest absolute Gasteiger partial charge is 0.455 e. The zero-order valence-corrected chi connectivity index (χ0v) is 31.7. The SMILES string of the molecule is c1ccc(-c2ccc(-c3ccccc3N(c3ccc(-c4ccccc4)cc3)c3ccc(-c4cc5ccccc5c5ccccc45)c4oc5ccccc5c34)cc2)cc1. The second-order valence-electron chi connectivity index (χ2n) is 14.8. The van der Waals surface area contributed by atoms with Gasteiger partial charge in [-0.3, -0.25) is 0 Å². The van der Waals surface area contributed by atoms with Gasteiger partial charge in [-0.25, -0.2) is 0 Å². The molecule has 0 bridgehead atoms. The molecule has 1 aromatic heterocycles. The molecule has 0 N–H and O–H groups in total. The van der Waals surface area contributed by atoms with E-state index in [-0.39, 0.29) is 0 Å². The maximum Gasteiger partial charge on any atom is 0.145 e. The first-order chi connectivity index (χ1) is 28.8. The minimum atomic E-state index is 0.862. The van der Waals surface area contributed by atoms with Crippen molar-refractivity contribution in [3.05, 3.63) is 224 Å². The third-order valence-corrected chi connectivity index (χ3v) is 11.5. The molecule has 0 unspecified atom stereocenters. The van der Waals surface area contributed by atoms with Crippen LogP contribution in [0.5, 0.6) is 0 Å². The van der Waals surface area contributed by atoms with Gasteiger partial charge in [0, 0.05) is 22.2 Å². The van der Waals surface area contributed by atoms with E-state index in [1.165, 1.54) is 43.8 Å². The van der Waals surface area contributed by atoms with Gasteiger partial charge in [0.2, 0.25) is 0 Å². The number of nitrogens with zero attached hydrogens (tertiary/aromatic N) is 1. The van der Waals surface area contributed by atoms with Crippen molar-refractivity contribution in [2.45, 2.75) is 0 Å². The third-order valence-electron chi connectivity index (χ3n) is 11.5. The summed E-state index contributed by atoms with van der Waals surface area (Å²) in [6.45, 7) is 0. The van der Waals surface area contributed by atoms with Gasteiger partial charge < -0.3 is 9.32 Å². The Morgan fingerprint density at radius 3 is 1.57 bits per heavy atom. The van der Waals surface area contributed by atoms with Crippen LogP contribution in [-0.4, -0.2) is 0 Å². The van der Waals surface area contributed by atoms with Gasteiger partial charge in [0.1, 0.15) is 11.2 Å². The molecule has 1 heterocycles. The number of hydrogen-bond acceptors (Lipinski definition) is 2. The number of rotatable bonds is 7. The van der Waals surface area contributed by atoms with Crippen LogP contribution in [0.4, 0.5) is 17.1 Å². The summed E-state index contributed by atoms with van der Waals surface area (Å²) in [5.41, 5.74) is 14.2. The van der Waals surface area contributed by atoms with E-state index >= 15 is 0 Å². The van der Waals surface area contributed by atoms with Crippen LogP contribution >= 0.6 is 0 Å². The number of fused-ring (bicyclic) bond motifs is 6. The van der Waals surface area contributed by atoms with E-state index in [0.717, 1.165) is 61.3 Å². The molecule has 58 heavy (non-hydrogen) atoms. The lowest BCUT2D eigenvalue weighted by Gasteiger charge is -2.29. The van der Waals surface area contributed by atoms with E-state index < -0.39 is 0 Å². The molecule has 0 fully saturated rings. The number of hydrogen-bond donors (Lipinski definition) is 0. The van der Waals surface area contributed by atoms with Crippen molar-refractivity contribution in [3.8, 4) is 44.5 Å². The van der Waals surface area contributed by atoms with Crippen LogP contribution in [-0.2, 0) is 0 Å². The van der Waals surface area contributed by atoms with Crippen LogP contribution in [0, 0.1) is 0 Å². The fourth-order valence-corrected chi connectivity index (χ4v) is 8.71.